The number of fused-ring (bicyclic) bond motifs is 1. The van der Waals surface area contributed by atoms with Crippen molar-refractivity contribution in [1.29, 1.82) is 0 Å². The number of sulfonamides is 1. The highest BCUT2D eigenvalue weighted by molar-refractivity contribution is 7.89. The molecular weight excluding hydrogens is 422 g/mol. The van der Waals surface area contributed by atoms with Gasteiger partial charge in [-0.2, -0.15) is 4.31 Å². The standard InChI is InChI=1S/C20H21N5O3S2/c26-20(21-11-18-23-22-13-25(18)16-5-6-16)19-17(8-10-29-19)30(27,28)24-9-7-14-3-1-2-4-15(14)12-24/h1-4,8,10,13,16H,5-7,9,11-12H2,(H,21,26). The zero-order chi connectivity index (χ0) is 20.7. The van der Waals surface area contributed by atoms with Gasteiger partial charge >= 0.3 is 0 Å². The third kappa shape index (κ3) is 3.55. The second-order valence-electron chi connectivity index (χ2n) is 7.54. The van der Waals surface area contributed by atoms with Gasteiger partial charge in [0, 0.05) is 19.1 Å². The number of carbonyl (C=O) groups excluding carboxylic acids is 1. The van der Waals surface area contributed by atoms with Crippen LogP contribution in [0.25, 0.3) is 0 Å². The molecule has 1 amide bonds. The molecule has 1 aliphatic carbocycles. The van der Waals surface area contributed by atoms with Crippen LogP contribution in [0.15, 0.2) is 46.9 Å². The highest BCUT2D eigenvalue weighted by Gasteiger charge is 2.32. The minimum absolute atomic E-state index is 0.0630. The van der Waals surface area contributed by atoms with Crippen molar-refractivity contribution < 1.29 is 13.2 Å². The second kappa shape index (κ2) is 7.60. The average molecular weight is 444 g/mol. The van der Waals surface area contributed by atoms with Crippen molar-refractivity contribution in [2.45, 2.75) is 43.3 Å². The van der Waals surface area contributed by atoms with E-state index < -0.39 is 15.9 Å². The van der Waals surface area contributed by atoms with Gasteiger partial charge in [-0.25, -0.2) is 8.42 Å². The van der Waals surface area contributed by atoms with Gasteiger partial charge < -0.3 is 9.88 Å². The fraction of sp³-hybridized carbons (Fsp3) is 0.350. The zero-order valence-corrected chi connectivity index (χ0v) is 17.8. The Labute approximate surface area is 178 Å². The van der Waals surface area contributed by atoms with Gasteiger partial charge in [-0.15, -0.1) is 21.5 Å². The van der Waals surface area contributed by atoms with E-state index in [4.69, 9.17) is 0 Å². The number of benzene rings is 1. The predicted molar refractivity (Wildman–Crippen MR) is 112 cm³/mol. The van der Waals surface area contributed by atoms with Gasteiger partial charge in [0.1, 0.15) is 16.1 Å². The van der Waals surface area contributed by atoms with Crippen molar-refractivity contribution in [3.63, 3.8) is 0 Å². The fourth-order valence-electron chi connectivity index (χ4n) is 3.77. The molecule has 5 rings (SSSR count). The van der Waals surface area contributed by atoms with Crippen LogP contribution in [-0.2, 0) is 29.5 Å². The minimum atomic E-state index is -3.77. The number of rotatable bonds is 6. The van der Waals surface area contributed by atoms with Crippen LogP contribution in [-0.4, -0.2) is 39.9 Å². The Hall–Kier alpha value is -2.56. The van der Waals surface area contributed by atoms with Crippen LogP contribution in [0.5, 0.6) is 0 Å². The number of hydrogen-bond acceptors (Lipinski definition) is 6. The van der Waals surface area contributed by atoms with Crippen LogP contribution < -0.4 is 5.32 Å². The summed E-state index contributed by atoms with van der Waals surface area (Å²) in [5.74, 6) is 0.269. The lowest BCUT2D eigenvalue weighted by atomic mass is 10.0. The largest absolute Gasteiger partial charge is 0.344 e. The Bertz CT molecular complexity index is 1200. The molecule has 8 nitrogen and oxygen atoms in total. The van der Waals surface area contributed by atoms with Gasteiger partial charge in [0.15, 0.2) is 5.82 Å². The van der Waals surface area contributed by atoms with Crippen LogP contribution >= 0.6 is 11.3 Å². The molecule has 1 aliphatic heterocycles. The first kappa shape index (κ1) is 19.4. The molecule has 2 aliphatic rings. The van der Waals surface area contributed by atoms with Crippen molar-refractivity contribution in [3.05, 3.63) is 63.9 Å². The van der Waals surface area contributed by atoms with Crippen LogP contribution in [0.4, 0.5) is 0 Å². The number of hydrogen-bond donors (Lipinski definition) is 1. The topological polar surface area (TPSA) is 97.2 Å². The lowest BCUT2D eigenvalue weighted by molar-refractivity contribution is 0.0950. The summed E-state index contributed by atoms with van der Waals surface area (Å²) in [7, 11) is -3.77. The van der Waals surface area contributed by atoms with Crippen molar-refractivity contribution in [1.82, 2.24) is 24.4 Å². The van der Waals surface area contributed by atoms with E-state index in [0.29, 0.717) is 31.4 Å². The number of nitrogens with zero attached hydrogens (tertiary/aromatic N) is 4. The molecule has 1 fully saturated rings. The molecule has 2 aromatic heterocycles. The molecule has 156 valence electrons. The first-order valence-corrected chi connectivity index (χ1v) is 12.2. The summed E-state index contributed by atoms with van der Waals surface area (Å²) >= 11 is 1.13. The van der Waals surface area contributed by atoms with E-state index in [2.05, 4.69) is 15.5 Å². The van der Waals surface area contributed by atoms with Gasteiger partial charge in [0.25, 0.3) is 5.91 Å². The van der Waals surface area contributed by atoms with Gasteiger partial charge in [-0.05, 0) is 41.8 Å². The maximum Gasteiger partial charge on any atom is 0.263 e. The molecule has 0 atom stereocenters. The van der Waals surface area contributed by atoms with Gasteiger partial charge in [0.05, 0.1) is 6.54 Å². The lowest BCUT2D eigenvalue weighted by Gasteiger charge is -2.28. The van der Waals surface area contributed by atoms with Crippen molar-refractivity contribution in [3.8, 4) is 0 Å². The molecule has 3 heterocycles. The number of carbonyl (C=O) groups is 1. The Balaban J connectivity index is 1.33. The van der Waals surface area contributed by atoms with Gasteiger partial charge in [-0.3, -0.25) is 4.79 Å². The Kier molecular flexibility index (Phi) is 4.92. The average Bonchev–Trinajstić information content (AvgIpc) is 3.27. The summed E-state index contributed by atoms with van der Waals surface area (Å²) in [6, 6.07) is 9.79. The molecule has 1 aromatic carbocycles. The van der Waals surface area contributed by atoms with E-state index in [1.807, 2.05) is 28.8 Å². The number of amides is 1. The highest BCUT2D eigenvalue weighted by Crippen LogP contribution is 2.35. The quantitative estimate of drug-likeness (QED) is 0.631. The fourth-order valence-corrected chi connectivity index (χ4v) is 6.51. The van der Waals surface area contributed by atoms with E-state index in [9.17, 15) is 13.2 Å². The molecule has 0 bridgehead atoms. The Morgan fingerprint density at radius 1 is 1.20 bits per heavy atom. The molecular formula is C20H21N5O3S2. The molecule has 1 N–H and O–H groups in total. The monoisotopic (exact) mass is 443 g/mol. The molecule has 0 unspecified atom stereocenters. The number of nitrogens with one attached hydrogen (secondary N) is 1. The molecule has 0 spiro atoms. The third-order valence-electron chi connectivity index (χ3n) is 5.54. The molecule has 10 heteroatoms. The van der Waals surface area contributed by atoms with Crippen LogP contribution in [0.2, 0.25) is 0 Å². The minimum Gasteiger partial charge on any atom is -0.344 e. The zero-order valence-electron chi connectivity index (χ0n) is 16.2. The Morgan fingerprint density at radius 3 is 2.80 bits per heavy atom. The first-order chi connectivity index (χ1) is 14.5. The van der Waals surface area contributed by atoms with E-state index >= 15 is 0 Å². The van der Waals surface area contributed by atoms with E-state index in [0.717, 1.165) is 29.7 Å². The summed E-state index contributed by atoms with van der Waals surface area (Å²) < 4.78 is 30.0. The predicted octanol–water partition coefficient (Wildman–Crippen LogP) is 2.35. The summed E-state index contributed by atoms with van der Waals surface area (Å²) in [6.07, 6.45) is 4.52. The van der Waals surface area contributed by atoms with E-state index in [1.54, 1.807) is 11.7 Å². The SMILES string of the molecule is O=C(NCc1nncn1C1CC1)c1sccc1S(=O)(=O)N1CCc2ccccc2C1. The van der Waals surface area contributed by atoms with Crippen molar-refractivity contribution >= 4 is 27.3 Å². The molecule has 0 radical (unpaired) electrons. The second-order valence-corrected chi connectivity index (χ2v) is 10.4. The van der Waals surface area contributed by atoms with Crippen molar-refractivity contribution in [2.24, 2.45) is 0 Å². The molecule has 0 saturated heterocycles. The van der Waals surface area contributed by atoms with E-state index in [-0.39, 0.29) is 16.3 Å². The summed E-state index contributed by atoms with van der Waals surface area (Å²) in [5, 5.41) is 12.4. The number of thiophene rings is 1. The van der Waals surface area contributed by atoms with E-state index in [1.165, 1.54) is 15.9 Å². The maximum atomic E-state index is 13.3. The van der Waals surface area contributed by atoms with Crippen molar-refractivity contribution in [2.75, 3.05) is 6.54 Å². The summed E-state index contributed by atoms with van der Waals surface area (Å²) in [6.45, 7) is 0.935. The normalized spacial score (nSPS) is 16.9. The molecule has 1 saturated carbocycles. The highest BCUT2D eigenvalue weighted by atomic mass is 32.2. The first-order valence-electron chi connectivity index (χ1n) is 9.85. The molecule has 3 aromatic rings. The maximum absolute atomic E-state index is 13.3. The Morgan fingerprint density at radius 2 is 2.00 bits per heavy atom. The molecule has 30 heavy (non-hydrogen) atoms. The summed E-state index contributed by atoms with van der Waals surface area (Å²) in [4.78, 5) is 13.1. The number of aromatic nitrogens is 3. The van der Waals surface area contributed by atoms with Crippen LogP contribution in [0.3, 0.4) is 0 Å². The van der Waals surface area contributed by atoms with Gasteiger partial charge in [-0.1, -0.05) is 24.3 Å². The summed E-state index contributed by atoms with van der Waals surface area (Å²) in [5.41, 5.74) is 2.18. The van der Waals surface area contributed by atoms with Gasteiger partial charge in [0.2, 0.25) is 10.0 Å². The third-order valence-corrected chi connectivity index (χ3v) is 8.47. The lowest BCUT2D eigenvalue weighted by Crippen LogP contribution is -2.36. The smallest absolute Gasteiger partial charge is 0.263 e. The van der Waals surface area contributed by atoms with Crippen LogP contribution in [0, 0.1) is 0 Å². The van der Waals surface area contributed by atoms with Crippen LogP contribution in [0.1, 0.15) is 45.5 Å².